The fraction of sp³-hybridized carbons (Fsp3) is 0.0909. The van der Waals surface area contributed by atoms with E-state index < -0.39 is 22.8 Å². The maximum Gasteiger partial charge on any atom is 0.342 e. The van der Waals surface area contributed by atoms with Crippen LogP contribution in [0.15, 0.2) is 40.3 Å². The van der Waals surface area contributed by atoms with Crippen molar-refractivity contribution in [1.29, 1.82) is 0 Å². The van der Waals surface area contributed by atoms with Crippen LogP contribution >= 0.6 is 0 Å². The summed E-state index contributed by atoms with van der Waals surface area (Å²) in [6, 6.07) is 3.44. The smallest absolute Gasteiger partial charge is 0.342 e. The Morgan fingerprint density at radius 3 is 2.83 bits per heavy atom. The second-order valence-corrected chi connectivity index (χ2v) is 3.60. The molecule has 2 rings (SSSR count). The molecule has 0 atom stereocenters. The third-order valence-electron chi connectivity index (χ3n) is 2.32. The van der Waals surface area contributed by atoms with Crippen molar-refractivity contribution in [3.05, 3.63) is 62.7 Å². The van der Waals surface area contributed by atoms with E-state index >= 15 is 0 Å². The Hall–Kier alpha value is -2.70. The van der Waals surface area contributed by atoms with E-state index in [0.29, 0.717) is 0 Å². The third-order valence-corrected chi connectivity index (χ3v) is 2.32. The molecule has 18 heavy (non-hydrogen) atoms. The molecule has 2 heterocycles. The highest BCUT2D eigenvalue weighted by molar-refractivity contribution is 5.86. The van der Waals surface area contributed by atoms with Crippen LogP contribution in [-0.2, 0) is 6.54 Å². The van der Waals surface area contributed by atoms with Crippen molar-refractivity contribution in [2.45, 2.75) is 6.54 Å². The number of aromatic nitrogens is 3. The minimum atomic E-state index is -1.38. The molecule has 0 fully saturated rings. The Morgan fingerprint density at radius 1 is 1.44 bits per heavy atom. The summed E-state index contributed by atoms with van der Waals surface area (Å²) in [7, 11) is 0. The largest absolute Gasteiger partial charge is 0.477 e. The molecule has 0 radical (unpaired) electrons. The third kappa shape index (κ3) is 2.34. The zero-order valence-corrected chi connectivity index (χ0v) is 9.16. The van der Waals surface area contributed by atoms with Crippen LogP contribution in [0.2, 0.25) is 0 Å². The maximum absolute atomic E-state index is 11.5. The van der Waals surface area contributed by atoms with Crippen LogP contribution in [-0.4, -0.2) is 25.6 Å². The number of aromatic carboxylic acids is 1. The van der Waals surface area contributed by atoms with Crippen LogP contribution in [0.4, 0.5) is 0 Å². The predicted octanol–water partition coefficient (Wildman–Crippen LogP) is -0.322. The molecule has 0 bridgehead atoms. The van der Waals surface area contributed by atoms with Gasteiger partial charge in [-0.1, -0.05) is 6.07 Å². The zero-order valence-electron chi connectivity index (χ0n) is 9.16. The molecule has 7 heteroatoms. The summed E-state index contributed by atoms with van der Waals surface area (Å²) in [5.74, 6) is -1.38. The van der Waals surface area contributed by atoms with Gasteiger partial charge in [0.15, 0.2) is 0 Å². The van der Waals surface area contributed by atoms with E-state index in [1.54, 1.807) is 24.5 Å². The van der Waals surface area contributed by atoms with Gasteiger partial charge in [0.25, 0.3) is 5.56 Å². The molecule has 0 unspecified atom stereocenters. The Kier molecular flexibility index (Phi) is 3.05. The molecule has 0 saturated carbocycles. The van der Waals surface area contributed by atoms with Gasteiger partial charge in [0.1, 0.15) is 5.56 Å². The summed E-state index contributed by atoms with van der Waals surface area (Å²) in [6.07, 6.45) is 4.16. The molecule has 2 aromatic rings. The van der Waals surface area contributed by atoms with Crippen molar-refractivity contribution in [3.8, 4) is 0 Å². The molecule has 2 aromatic heterocycles. The van der Waals surface area contributed by atoms with E-state index in [1.807, 2.05) is 4.98 Å². The predicted molar refractivity (Wildman–Crippen MR) is 61.6 cm³/mol. The first-order chi connectivity index (χ1) is 8.58. The summed E-state index contributed by atoms with van der Waals surface area (Å²) < 4.78 is 1.11. The fourth-order valence-electron chi connectivity index (χ4n) is 1.47. The minimum Gasteiger partial charge on any atom is -0.477 e. The van der Waals surface area contributed by atoms with Crippen LogP contribution in [0.5, 0.6) is 0 Å². The number of aromatic amines is 1. The standard InChI is InChI=1S/C11H9N3O4/c15-9-8(10(16)17)6-14(11(18)13-9)5-7-2-1-3-12-4-7/h1-4,6H,5H2,(H,16,17)(H,13,15,18). The molecule has 0 spiro atoms. The second kappa shape index (κ2) is 4.66. The van der Waals surface area contributed by atoms with Gasteiger partial charge in [0.05, 0.1) is 6.54 Å². The fourth-order valence-corrected chi connectivity index (χ4v) is 1.47. The van der Waals surface area contributed by atoms with Crippen LogP contribution in [0.1, 0.15) is 15.9 Å². The van der Waals surface area contributed by atoms with Crippen LogP contribution in [0.25, 0.3) is 0 Å². The summed E-state index contributed by atoms with van der Waals surface area (Å²) >= 11 is 0. The normalized spacial score (nSPS) is 10.2. The highest BCUT2D eigenvalue weighted by atomic mass is 16.4. The lowest BCUT2D eigenvalue weighted by Crippen LogP contribution is -2.33. The number of carboxylic acid groups (broad SMARTS) is 1. The van der Waals surface area contributed by atoms with Crippen molar-refractivity contribution in [2.75, 3.05) is 0 Å². The van der Waals surface area contributed by atoms with Gasteiger partial charge in [-0.3, -0.25) is 19.3 Å². The first kappa shape index (κ1) is 11.8. The molecule has 0 aliphatic carbocycles. The zero-order chi connectivity index (χ0) is 13.1. The average molecular weight is 247 g/mol. The van der Waals surface area contributed by atoms with Crippen molar-refractivity contribution in [1.82, 2.24) is 14.5 Å². The highest BCUT2D eigenvalue weighted by Gasteiger charge is 2.11. The summed E-state index contributed by atoms with van der Waals surface area (Å²) in [6.45, 7) is 0.143. The molecule has 2 N–H and O–H groups in total. The van der Waals surface area contributed by atoms with Crippen LogP contribution in [0.3, 0.4) is 0 Å². The summed E-state index contributed by atoms with van der Waals surface area (Å²) in [5, 5.41) is 8.80. The molecular weight excluding hydrogens is 238 g/mol. The van der Waals surface area contributed by atoms with Gasteiger partial charge < -0.3 is 5.11 Å². The van der Waals surface area contributed by atoms with Crippen molar-refractivity contribution in [3.63, 3.8) is 0 Å². The topological polar surface area (TPSA) is 105 Å². The number of hydrogen-bond donors (Lipinski definition) is 2. The Balaban J connectivity index is 2.46. The number of carbonyl (C=O) groups is 1. The molecule has 0 amide bonds. The number of nitrogens with one attached hydrogen (secondary N) is 1. The van der Waals surface area contributed by atoms with E-state index in [-0.39, 0.29) is 6.54 Å². The highest BCUT2D eigenvalue weighted by Crippen LogP contribution is 1.98. The minimum absolute atomic E-state index is 0.143. The lowest BCUT2D eigenvalue weighted by Gasteiger charge is -2.05. The Bertz CT molecular complexity index is 687. The van der Waals surface area contributed by atoms with Crippen molar-refractivity contribution >= 4 is 5.97 Å². The van der Waals surface area contributed by atoms with E-state index in [0.717, 1.165) is 16.3 Å². The van der Waals surface area contributed by atoms with E-state index in [4.69, 9.17) is 5.11 Å². The lowest BCUT2D eigenvalue weighted by molar-refractivity contribution is 0.0693. The van der Waals surface area contributed by atoms with Gasteiger partial charge in [0.2, 0.25) is 0 Å². The average Bonchev–Trinajstić information content (AvgIpc) is 2.33. The number of hydrogen-bond acceptors (Lipinski definition) is 4. The Morgan fingerprint density at radius 2 is 2.22 bits per heavy atom. The quantitative estimate of drug-likeness (QED) is 0.773. The van der Waals surface area contributed by atoms with Gasteiger partial charge >= 0.3 is 11.7 Å². The molecule has 0 aliphatic rings. The van der Waals surface area contributed by atoms with Crippen molar-refractivity contribution < 1.29 is 9.90 Å². The summed E-state index contributed by atoms with van der Waals surface area (Å²) in [4.78, 5) is 39.4. The first-order valence-electron chi connectivity index (χ1n) is 5.04. The van der Waals surface area contributed by atoms with E-state index in [9.17, 15) is 14.4 Å². The molecule has 92 valence electrons. The molecule has 0 aromatic carbocycles. The molecule has 0 aliphatic heterocycles. The van der Waals surface area contributed by atoms with E-state index in [1.165, 1.54) is 0 Å². The van der Waals surface area contributed by atoms with Gasteiger partial charge in [-0.15, -0.1) is 0 Å². The lowest BCUT2D eigenvalue weighted by atomic mass is 10.3. The molecule has 7 nitrogen and oxygen atoms in total. The number of rotatable bonds is 3. The monoisotopic (exact) mass is 247 g/mol. The summed E-state index contributed by atoms with van der Waals surface area (Å²) in [5.41, 5.74) is -1.31. The molecule has 0 saturated heterocycles. The van der Waals surface area contributed by atoms with Crippen LogP contribution < -0.4 is 11.2 Å². The van der Waals surface area contributed by atoms with Gasteiger partial charge in [-0.2, -0.15) is 0 Å². The van der Waals surface area contributed by atoms with Gasteiger partial charge in [-0.25, -0.2) is 9.59 Å². The van der Waals surface area contributed by atoms with Gasteiger partial charge in [-0.05, 0) is 11.6 Å². The Labute approximate surface area is 100 Å². The number of carboxylic acids is 1. The number of nitrogens with zero attached hydrogens (tertiary/aromatic N) is 2. The van der Waals surface area contributed by atoms with Crippen LogP contribution in [0, 0.1) is 0 Å². The number of pyridine rings is 1. The number of H-pyrrole nitrogens is 1. The SMILES string of the molecule is O=C(O)c1cn(Cc2cccnc2)c(=O)[nH]c1=O. The van der Waals surface area contributed by atoms with Gasteiger partial charge in [0, 0.05) is 18.6 Å². The molecular formula is C11H9N3O4. The second-order valence-electron chi connectivity index (χ2n) is 3.60. The van der Waals surface area contributed by atoms with E-state index in [2.05, 4.69) is 4.98 Å². The first-order valence-corrected chi connectivity index (χ1v) is 5.04. The van der Waals surface area contributed by atoms with Crippen molar-refractivity contribution in [2.24, 2.45) is 0 Å². The maximum atomic E-state index is 11.5.